The Morgan fingerprint density at radius 3 is 2.06 bits per heavy atom. The van der Waals surface area contributed by atoms with Gasteiger partial charge in [0.25, 0.3) is 0 Å². The minimum absolute atomic E-state index is 0.427. The van der Waals surface area contributed by atoms with Crippen LogP contribution < -0.4 is 0 Å². The Labute approximate surface area is 96.1 Å². The molecule has 0 radical (unpaired) electrons. The van der Waals surface area contributed by atoms with Gasteiger partial charge in [0.1, 0.15) is 5.75 Å². The number of hydrogen-bond acceptors (Lipinski definition) is 1. The molecule has 2 aromatic carbocycles. The average molecular weight is 238 g/mol. The molecule has 1 nitrogen and oxygen atoms in total. The molecule has 0 unspecified atom stereocenters. The number of phenols is 1. The highest BCUT2D eigenvalue weighted by molar-refractivity contribution is 5.65. The van der Waals surface area contributed by atoms with Crippen LogP contribution in [0.4, 0.5) is 13.2 Å². The van der Waals surface area contributed by atoms with E-state index < -0.39 is 17.5 Å². The molecule has 0 aliphatic heterocycles. The van der Waals surface area contributed by atoms with Gasteiger partial charge in [-0.2, -0.15) is 13.2 Å². The number of aromatic hydroxyl groups is 1. The van der Waals surface area contributed by atoms with Crippen molar-refractivity contribution in [2.24, 2.45) is 0 Å². The van der Waals surface area contributed by atoms with E-state index >= 15 is 0 Å². The summed E-state index contributed by atoms with van der Waals surface area (Å²) in [5, 5.41) is 9.20. The minimum atomic E-state index is -4.55. The normalized spacial score (nSPS) is 11.5. The molecule has 0 bridgehead atoms. The van der Waals surface area contributed by atoms with Gasteiger partial charge >= 0.3 is 6.18 Å². The first kappa shape index (κ1) is 11.5. The summed E-state index contributed by atoms with van der Waals surface area (Å²) in [7, 11) is 0. The molecule has 0 saturated heterocycles. The van der Waals surface area contributed by atoms with Crippen molar-refractivity contribution in [2.75, 3.05) is 0 Å². The molecule has 0 aliphatic rings. The quantitative estimate of drug-likeness (QED) is 0.793. The summed E-state index contributed by atoms with van der Waals surface area (Å²) in [4.78, 5) is 0. The van der Waals surface area contributed by atoms with E-state index in [2.05, 4.69) is 0 Å². The summed E-state index contributed by atoms with van der Waals surface area (Å²) in [5.74, 6) is -0.753. The average Bonchev–Trinajstić information content (AvgIpc) is 2.29. The van der Waals surface area contributed by atoms with Crippen LogP contribution >= 0.6 is 0 Å². The van der Waals surface area contributed by atoms with E-state index in [0.29, 0.717) is 11.1 Å². The first-order valence-corrected chi connectivity index (χ1v) is 4.94. The summed E-state index contributed by atoms with van der Waals surface area (Å²) in [6.45, 7) is 0. The van der Waals surface area contributed by atoms with E-state index in [4.69, 9.17) is 0 Å². The Bertz CT molecular complexity index is 518. The number of rotatable bonds is 1. The maximum atomic E-state index is 12.6. The number of hydrogen-bond donors (Lipinski definition) is 1. The first-order valence-electron chi connectivity index (χ1n) is 4.94. The van der Waals surface area contributed by atoms with Crippen molar-refractivity contribution in [3.05, 3.63) is 54.1 Å². The van der Waals surface area contributed by atoms with Crippen LogP contribution in [0.3, 0.4) is 0 Å². The van der Waals surface area contributed by atoms with E-state index in [9.17, 15) is 18.3 Å². The fourth-order valence-electron chi connectivity index (χ4n) is 1.57. The third-order valence-corrected chi connectivity index (χ3v) is 2.41. The van der Waals surface area contributed by atoms with Gasteiger partial charge in [0, 0.05) is 0 Å². The highest BCUT2D eigenvalue weighted by Crippen LogP contribution is 2.37. The second kappa shape index (κ2) is 4.13. The lowest BCUT2D eigenvalue weighted by molar-refractivity contribution is -0.138. The molecule has 0 saturated carbocycles. The fraction of sp³-hybridized carbons (Fsp3) is 0.0769. The summed E-state index contributed by atoms with van der Waals surface area (Å²) in [5.41, 5.74) is 0.0904. The highest BCUT2D eigenvalue weighted by Gasteiger charge is 2.34. The number of halogens is 3. The summed E-state index contributed by atoms with van der Waals surface area (Å²) in [6, 6.07) is 12.2. The SMILES string of the molecule is Oc1ccc(-c2ccccc2)cc1C(F)(F)F. The fourth-order valence-corrected chi connectivity index (χ4v) is 1.57. The Kier molecular flexibility index (Phi) is 2.79. The molecule has 4 heteroatoms. The third-order valence-electron chi connectivity index (χ3n) is 2.41. The number of alkyl halides is 3. The number of phenolic OH excluding ortho intramolecular Hbond substituents is 1. The lowest BCUT2D eigenvalue weighted by Gasteiger charge is -2.10. The van der Waals surface area contributed by atoms with Crippen LogP contribution in [-0.2, 0) is 6.18 Å². The molecule has 88 valence electrons. The van der Waals surface area contributed by atoms with Gasteiger partial charge in [-0.05, 0) is 23.3 Å². The largest absolute Gasteiger partial charge is 0.507 e. The molecule has 0 fully saturated rings. The zero-order valence-corrected chi connectivity index (χ0v) is 8.70. The zero-order valence-electron chi connectivity index (χ0n) is 8.70. The van der Waals surface area contributed by atoms with Crippen LogP contribution in [-0.4, -0.2) is 5.11 Å². The maximum Gasteiger partial charge on any atom is 0.419 e. The topological polar surface area (TPSA) is 20.2 Å². The maximum absolute atomic E-state index is 12.6. The van der Waals surface area contributed by atoms with Gasteiger partial charge in [0.2, 0.25) is 0 Å². The predicted octanol–water partition coefficient (Wildman–Crippen LogP) is 4.08. The minimum Gasteiger partial charge on any atom is -0.507 e. The van der Waals surface area contributed by atoms with Gasteiger partial charge in [-0.25, -0.2) is 0 Å². The van der Waals surface area contributed by atoms with E-state index in [1.165, 1.54) is 6.07 Å². The Morgan fingerprint density at radius 2 is 1.47 bits per heavy atom. The van der Waals surface area contributed by atoms with Crippen molar-refractivity contribution in [3.63, 3.8) is 0 Å². The van der Waals surface area contributed by atoms with Crippen LogP contribution in [0.15, 0.2) is 48.5 Å². The van der Waals surface area contributed by atoms with Gasteiger partial charge in [-0.15, -0.1) is 0 Å². The van der Waals surface area contributed by atoms with Crippen molar-refractivity contribution in [2.45, 2.75) is 6.18 Å². The Balaban J connectivity index is 2.53. The van der Waals surface area contributed by atoms with Crippen molar-refractivity contribution < 1.29 is 18.3 Å². The summed E-state index contributed by atoms with van der Waals surface area (Å²) in [6.07, 6.45) is -4.55. The van der Waals surface area contributed by atoms with E-state index in [-0.39, 0.29) is 0 Å². The van der Waals surface area contributed by atoms with Crippen molar-refractivity contribution in [1.82, 2.24) is 0 Å². The smallest absolute Gasteiger partial charge is 0.419 e. The Morgan fingerprint density at radius 1 is 0.824 bits per heavy atom. The van der Waals surface area contributed by atoms with Gasteiger partial charge in [-0.3, -0.25) is 0 Å². The van der Waals surface area contributed by atoms with Crippen molar-refractivity contribution in [1.29, 1.82) is 0 Å². The molecule has 1 N–H and O–H groups in total. The molecule has 0 spiro atoms. The van der Waals surface area contributed by atoms with Crippen LogP contribution in [0.1, 0.15) is 5.56 Å². The molecule has 0 aliphatic carbocycles. The third kappa shape index (κ3) is 2.41. The molecule has 17 heavy (non-hydrogen) atoms. The molecular formula is C13H9F3O. The van der Waals surface area contributed by atoms with E-state index in [1.54, 1.807) is 30.3 Å². The Hall–Kier alpha value is -1.97. The van der Waals surface area contributed by atoms with Crippen molar-refractivity contribution in [3.8, 4) is 16.9 Å². The molecule has 0 amide bonds. The molecule has 0 atom stereocenters. The predicted molar refractivity (Wildman–Crippen MR) is 58.5 cm³/mol. The van der Waals surface area contributed by atoms with Crippen LogP contribution in [0.25, 0.3) is 11.1 Å². The highest BCUT2D eigenvalue weighted by atomic mass is 19.4. The second-order valence-corrected chi connectivity index (χ2v) is 3.60. The zero-order chi connectivity index (χ0) is 12.5. The second-order valence-electron chi connectivity index (χ2n) is 3.60. The molecule has 0 heterocycles. The van der Waals surface area contributed by atoms with Gasteiger partial charge < -0.3 is 5.11 Å². The van der Waals surface area contributed by atoms with Gasteiger partial charge in [0.15, 0.2) is 0 Å². The standard InChI is InChI=1S/C13H9F3O/c14-13(15,16)11-8-10(6-7-12(11)17)9-4-2-1-3-5-9/h1-8,17H. The van der Waals surface area contributed by atoms with Crippen LogP contribution in [0, 0.1) is 0 Å². The lowest BCUT2D eigenvalue weighted by Crippen LogP contribution is -2.05. The van der Waals surface area contributed by atoms with Crippen molar-refractivity contribution >= 4 is 0 Å². The monoisotopic (exact) mass is 238 g/mol. The van der Waals surface area contributed by atoms with Gasteiger partial charge in [-0.1, -0.05) is 36.4 Å². The van der Waals surface area contributed by atoms with E-state index in [0.717, 1.165) is 12.1 Å². The first-order chi connectivity index (χ1) is 7.98. The van der Waals surface area contributed by atoms with E-state index in [1.807, 2.05) is 0 Å². The lowest BCUT2D eigenvalue weighted by atomic mass is 10.0. The summed E-state index contributed by atoms with van der Waals surface area (Å²) < 4.78 is 37.8. The molecule has 0 aromatic heterocycles. The molecule has 2 rings (SSSR count). The number of benzene rings is 2. The molecular weight excluding hydrogens is 229 g/mol. The summed E-state index contributed by atoms with van der Waals surface area (Å²) >= 11 is 0. The van der Waals surface area contributed by atoms with Crippen LogP contribution in [0.2, 0.25) is 0 Å². The van der Waals surface area contributed by atoms with Gasteiger partial charge in [0.05, 0.1) is 5.56 Å². The molecule has 2 aromatic rings. The van der Waals surface area contributed by atoms with Crippen LogP contribution in [0.5, 0.6) is 5.75 Å².